The Morgan fingerprint density at radius 2 is 1.10 bits per heavy atom. The molecule has 6 nitrogen and oxygen atoms in total. The highest BCUT2D eigenvalue weighted by Gasteiger charge is 2.12. The minimum Gasteiger partial charge on any atom is -0.463 e. The summed E-state index contributed by atoms with van der Waals surface area (Å²) in [5.41, 5.74) is 0. The zero-order chi connectivity index (χ0) is 30.4. The molecule has 0 radical (unpaired) electrons. The third-order valence-corrected chi connectivity index (χ3v) is 6.55. The van der Waals surface area contributed by atoms with Crippen molar-refractivity contribution in [2.75, 3.05) is 13.2 Å². The molecule has 0 saturated carbocycles. The van der Waals surface area contributed by atoms with Crippen LogP contribution in [0.3, 0.4) is 0 Å². The Kier molecular flexibility index (Phi) is 27.8. The molecule has 0 fully saturated rings. The SMILES string of the molecule is CCCC(O)C/C=C\C/C=C\C/C=C\C/C=C\CCCC(=O)OC[C@H](O)COC(=O)CCCCCCCCC(C)C. The molecule has 0 aliphatic carbocycles. The molecule has 0 heterocycles. The molecule has 2 atom stereocenters. The monoisotopic (exact) mass is 576 g/mol. The van der Waals surface area contributed by atoms with E-state index in [0.29, 0.717) is 19.3 Å². The Balaban J connectivity index is 3.63. The standard InChI is InChI=1S/C35H60O6/c1-4-24-32(36)26-21-17-12-10-8-6-5-7-9-11-13-18-22-27-34(38)40-29-33(37)30-41-35(39)28-23-19-15-14-16-20-25-31(2)3/h5,7-8,10-11,13,17,21,31-33,36-37H,4,6,9,12,14-16,18-20,22-30H2,1-3H3/b7-5-,10-8-,13-11-,21-17-/t32?,33-/m0/s1. The van der Waals surface area contributed by atoms with Crippen LogP contribution in [-0.4, -0.2) is 47.6 Å². The number of hydrogen-bond acceptors (Lipinski definition) is 6. The highest BCUT2D eigenvalue weighted by Crippen LogP contribution is 2.12. The zero-order valence-corrected chi connectivity index (χ0v) is 26.3. The Hall–Kier alpha value is -2.18. The van der Waals surface area contributed by atoms with Gasteiger partial charge < -0.3 is 19.7 Å². The van der Waals surface area contributed by atoms with Crippen LogP contribution in [0.5, 0.6) is 0 Å². The van der Waals surface area contributed by atoms with Crippen molar-refractivity contribution in [3.05, 3.63) is 48.6 Å². The van der Waals surface area contributed by atoms with Crippen LogP contribution in [0.25, 0.3) is 0 Å². The van der Waals surface area contributed by atoms with Crippen molar-refractivity contribution in [1.29, 1.82) is 0 Å². The number of esters is 2. The molecule has 1 unspecified atom stereocenters. The fourth-order valence-electron chi connectivity index (χ4n) is 4.10. The molecular formula is C35H60O6. The first-order chi connectivity index (χ1) is 19.8. The van der Waals surface area contributed by atoms with Gasteiger partial charge in [0.2, 0.25) is 0 Å². The number of aliphatic hydroxyl groups excluding tert-OH is 2. The maximum atomic E-state index is 11.9. The van der Waals surface area contributed by atoms with Gasteiger partial charge in [-0.3, -0.25) is 9.59 Å². The average molecular weight is 577 g/mol. The molecule has 236 valence electrons. The summed E-state index contributed by atoms with van der Waals surface area (Å²) in [5, 5.41) is 19.6. The average Bonchev–Trinajstić information content (AvgIpc) is 2.94. The number of carbonyl (C=O) groups is 2. The van der Waals surface area contributed by atoms with Crippen molar-refractivity contribution < 1.29 is 29.3 Å². The fourth-order valence-corrected chi connectivity index (χ4v) is 4.10. The fraction of sp³-hybridized carbons (Fsp3) is 0.714. The molecule has 0 aliphatic heterocycles. The molecule has 6 heteroatoms. The second kappa shape index (κ2) is 29.3. The van der Waals surface area contributed by atoms with E-state index in [1.807, 2.05) is 6.08 Å². The Morgan fingerprint density at radius 3 is 1.66 bits per heavy atom. The van der Waals surface area contributed by atoms with Crippen LogP contribution < -0.4 is 0 Å². The van der Waals surface area contributed by atoms with E-state index in [4.69, 9.17) is 9.47 Å². The summed E-state index contributed by atoms with van der Waals surface area (Å²) in [6.07, 6.45) is 31.0. The van der Waals surface area contributed by atoms with Gasteiger partial charge in [-0.25, -0.2) is 0 Å². The highest BCUT2D eigenvalue weighted by molar-refractivity contribution is 5.69. The number of allylic oxidation sites excluding steroid dienone is 7. The minimum atomic E-state index is -0.994. The number of aliphatic hydroxyl groups is 2. The van der Waals surface area contributed by atoms with Gasteiger partial charge in [-0.1, -0.05) is 114 Å². The zero-order valence-electron chi connectivity index (χ0n) is 26.3. The summed E-state index contributed by atoms with van der Waals surface area (Å²) >= 11 is 0. The van der Waals surface area contributed by atoms with Gasteiger partial charge >= 0.3 is 11.9 Å². The minimum absolute atomic E-state index is 0.144. The first kappa shape index (κ1) is 38.8. The van der Waals surface area contributed by atoms with Crippen LogP contribution in [-0.2, 0) is 19.1 Å². The van der Waals surface area contributed by atoms with Crippen molar-refractivity contribution in [2.45, 2.75) is 142 Å². The molecule has 0 spiro atoms. The number of ether oxygens (including phenoxy) is 2. The third kappa shape index (κ3) is 30.6. The Morgan fingerprint density at radius 1 is 0.610 bits per heavy atom. The van der Waals surface area contributed by atoms with Crippen LogP contribution in [0.2, 0.25) is 0 Å². The van der Waals surface area contributed by atoms with E-state index in [1.165, 1.54) is 25.7 Å². The van der Waals surface area contributed by atoms with Crippen LogP contribution in [0.1, 0.15) is 130 Å². The molecule has 0 amide bonds. The summed E-state index contributed by atoms with van der Waals surface area (Å²) in [4.78, 5) is 23.7. The van der Waals surface area contributed by atoms with Crippen LogP contribution >= 0.6 is 0 Å². The summed E-state index contributed by atoms with van der Waals surface area (Å²) in [7, 11) is 0. The van der Waals surface area contributed by atoms with Crippen LogP contribution in [0.15, 0.2) is 48.6 Å². The van der Waals surface area contributed by atoms with Crippen molar-refractivity contribution in [2.24, 2.45) is 5.92 Å². The molecule has 0 aromatic carbocycles. The lowest BCUT2D eigenvalue weighted by Crippen LogP contribution is -2.25. The molecule has 0 aromatic rings. The third-order valence-electron chi connectivity index (χ3n) is 6.55. The predicted octanol–water partition coefficient (Wildman–Crippen LogP) is 8.33. The summed E-state index contributed by atoms with van der Waals surface area (Å²) < 4.78 is 10.2. The van der Waals surface area contributed by atoms with E-state index in [0.717, 1.165) is 70.1 Å². The normalized spacial score (nSPS) is 13.7. The first-order valence-electron chi connectivity index (χ1n) is 16.1. The van der Waals surface area contributed by atoms with E-state index in [2.05, 4.69) is 63.3 Å². The lowest BCUT2D eigenvalue weighted by atomic mass is 10.0. The largest absolute Gasteiger partial charge is 0.463 e. The van der Waals surface area contributed by atoms with Gasteiger partial charge in [0.15, 0.2) is 0 Å². The summed E-state index contributed by atoms with van der Waals surface area (Å²) in [5.74, 6) is 0.109. The van der Waals surface area contributed by atoms with Crippen molar-refractivity contribution >= 4 is 11.9 Å². The number of hydrogen-bond donors (Lipinski definition) is 2. The second-order valence-corrected chi connectivity index (χ2v) is 11.2. The Labute approximate surface area is 251 Å². The van der Waals surface area contributed by atoms with E-state index in [1.54, 1.807) is 0 Å². The predicted molar refractivity (Wildman–Crippen MR) is 169 cm³/mol. The van der Waals surface area contributed by atoms with Gasteiger partial charge in [-0.05, 0) is 57.3 Å². The molecule has 0 aromatic heterocycles. The number of unbranched alkanes of at least 4 members (excludes halogenated alkanes) is 6. The lowest BCUT2D eigenvalue weighted by molar-refractivity contribution is -0.152. The Bertz CT molecular complexity index is 737. The maximum Gasteiger partial charge on any atom is 0.305 e. The van der Waals surface area contributed by atoms with E-state index in [-0.39, 0.29) is 31.3 Å². The van der Waals surface area contributed by atoms with E-state index >= 15 is 0 Å². The van der Waals surface area contributed by atoms with E-state index in [9.17, 15) is 19.8 Å². The van der Waals surface area contributed by atoms with Gasteiger partial charge in [-0.15, -0.1) is 0 Å². The molecule has 2 N–H and O–H groups in total. The van der Waals surface area contributed by atoms with Gasteiger partial charge in [0.1, 0.15) is 19.3 Å². The van der Waals surface area contributed by atoms with Gasteiger partial charge in [0.25, 0.3) is 0 Å². The number of rotatable bonds is 27. The summed E-state index contributed by atoms with van der Waals surface area (Å²) in [6.45, 7) is 6.28. The van der Waals surface area contributed by atoms with Gasteiger partial charge in [0, 0.05) is 12.8 Å². The van der Waals surface area contributed by atoms with Crippen molar-refractivity contribution in [3.63, 3.8) is 0 Å². The van der Waals surface area contributed by atoms with Crippen LogP contribution in [0.4, 0.5) is 0 Å². The molecule has 0 aliphatic rings. The smallest absolute Gasteiger partial charge is 0.305 e. The maximum absolute atomic E-state index is 11.9. The quantitative estimate of drug-likeness (QED) is 0.0580. The van der Waals surface area contributed by atoms with Crippen LogP contribution in [0, 0.1) is 5.92 Å². The summed E-state index contributed by atoms with van der Waals surface area (Å²) in [6, 6.07) is 0. The molecule has 41 heavy (non-hydrogen) atoms. The van der Waals surface area contributed by atoms with Crippen molar-refractivity contribution in [3.8, 4) is 0 Å². The molecule has 0 rings (SSSR count). The van der Waals surface area contributed by atoms with E-state index < -0.39 is 6.10 Å². The second-order valence-electron chi connectivity index (χ2n) is 11.2. The molecule has 0 bridgehead atoms. The molecule has 0 saturated heterocycles. The van der Waals surface area contributed by atoms with Gasteiger partial charge in [-0.2, -0.15) is 0 Å². The number of carbonyl (C=O) groups excluding carboxylic acids is 2. The van der Waals surface area contributed by atoms with Gasteiger partial charge in [0.05, 0.1) is 6.10 Å². The lowest BCUT2D eigenvalue weighted by Gasteiger charge is -2.12. The first-order valence-corrected chi connectivity index (χ1v) is 16.1. The van der Waals surface area contributed by atoms with Crippen molar-refractivity contribution in [1.82, 2.24) is 0 Å². The highest BCUT2D eigenvalue weighted by atomic mass is 16.6. The topological polar surface area (TPSA) is 93.1 Å². The molecular weight excluding hydrogens is 516 g/mol.